The molecule has 0 aromatic heterocycles. The molecule has 2 atom stereocenters. The molecule has 1 amide bonds. The van der Waals surface area contributed by atoms with Crippen LogP contribution < -0.4 is 5.32 Å². The average molecular weight is 330 g/mol. The second kappa shape index (κ2) is 7.24. The molecule has 1 aliphatic heterocycles. The average Bonchev–Trinajstić information content (AvgIpc) is 3.24. The van der Waals surface area contributed by atoms with Crippen LogP contribution in [0.4, 0.5) is 0 Å². The predicted molar refractivity (Wildman–Crippen MR) is 95.5 cm³/mol. The molecule has 1 saturated heterocycles. The molecule has 0 radical (unpaired) electrons. The minimum absolute atomic E-state index is 0.105. The smallest absolute Gasteiger partial charge is 0.224 e. The van der Waals surface area contributed by atoms with Crippen LogP contribution in [0.5, 0.6) is 0 Å². The Kier molecular flexibility index (Phi) is 5.26. The van der Waals surface area contributed by atoms with Crippen molar-refractivity contribution in [1.82, 2.24) is 10.2 Å². The summed E-state index contributed by atoms with van der Waals surface area (Å²) >= 11 is 0. The summed E-state index contributed by atoms with van der Waals surface area (Å²) in [6.45, 7) is 7.99. The van der Waals surface area contributed by atoms with E-state index in [0.717, 1.165) is 44.5 Å². The van der Waals surface area contributed by atoms with Gasteiger partial charge in [-0.25, -0.2) is 0 Å². The van der Waals surface area contributed by atoms with Crippen molar-refractivity contribution in [2.45, 2.75) is 39.2 Å². The first-order chi connectivity index (χ1) is 11.5. The Morgan fingerprint density at radius 3 is 2.67 bits per heavy atom. The van der Waals surface area contributed by atoms with E-state index in [4.69, 9.17) is 0 Å². The fourth-order valence-corrected chi connectivity index (χ4v) is 3.83. The highest BCUT2D eigenvalue weighted by molar-refractivity contribution is 5.79. The topological polar surface area (TPSA) is 52.6 Å². The van der Waals surface area contributed by atoms with E-state index < -0.39 is 6.10 Å². The molecule has 132 valence electrons. The molecule has 1 aromatic rings. The molecule has 1 heterocycles. The largest absolute Gasteiger partial charge is 0.388 e. The summed E-state index contributed by atoms with van der Waals surface area (Å²) in [5.74, 6) is 0.906. The van der Waals surface area contributed by atoms with E-state index in [9.17, 15) is 9.90 Å². The summed E-state index contributed by atoms with van der Waals surface area (Å²) in [7, 11) is 0. The molecule has 1 saturated carbocycles. The molecule has 4 nitrogen and oxygen atoms in total. The molecule has 2 N–H and O–H groups in total. The number of aliphatic hydroxyl groups is 1. The second-order valence-electron chi connectivity index (χ2n) is 8.03. The second-order valence-corrected chi connectivity index (χ2v) is 8.03. The molecule has 4 heteroatoms. The normalized spacial score (nSPS) is 24.1. The summed E-state index contributed by atoms with van der Waals surface area (Å²) in [5, 5.41) is 13.8. The zero-order valence-electron chi connectivity index (χ0n) is 14.9. The summed E-state index contributed by atoms with van der Waals surface area (Å²) in [6, 6.07) is 9.80. The number of nitrogens with one attached hydrogen (secondary N) is 1. The van der Waals surface area contributed by atoms with E-state index in [-0.39, 0.29) is 17.2 Å². The standard InChI is InChI=1S/C20H30N2O2/c1-15(2)12-22-11-8-17(13-22)19(24)21-14-20(9-10-20)18(23)16-6-4-3-5-7-16/h3-7,15,17-18,23H,8-14H2,1-2H3,(H,21,24). The van der Waals surface area contributed by atoms with E-state index in [1.807, 2.05) is 30.3 Å². The van der Waals surface area contributed by atoms with Crippen LogP contribution >= 0.6 is 0 Å². The van der Waals surface area contributed by atoms with Crippen LogP contribution in [-0.4, -0.2) is 42.1 Å². The van der Waals surface area contributed by atoms with E-state index in [2.05, 4.69) is 24.1 Å². The van der Waals surface area contributed by atoms with Crippen LogP contribution in [0.1, 0.15) is 44.8 Å². The van der Waals surface area contributed by atoms with Crippen LogP contribution in [0, 0.1) is 17.3 Å². The van der Waals surface area contributed by atoms with Gasteiger partial charge in [-0.05, 0) is 37.3 Å². The zero-order valence-corrected chi connectivity index (χ0v) is 14.9. The molecule has 2 aliphatic rings. The van der Waals surface area contributed by atoms with Crippen LogP contribution in [-0.2, 0) is 4.79 Å². The van der Waals surface area contributed by atoms with Gasteiger partial charge in [-0.1, -0.05) is 44.2 Å². The monoisotopic (exact) mass is 330 g/mol. The Morgan fingerprint density at radius 2 is 2.04 bits per heavy atom. The molecule has 2 fully saturated rings. The van der Waals surface area contributed by atoms with E-state index in [1.54, 1.807) is 0 Å². The first-order valence-electron chi connectivity index (χ1n) is 9.23. The maximum Gasteiger partial charge on any atom is 0.224 e. The number of benzene rings is 1. The zero-order chi connectivity index (χ0) is 17.2. The number of carbonyl (C=O) groups excluding carboxylic acids is 1. The van der Waals surface area contributed by atoms with Crippen molar-refractivity contribution < 1.29 is 9.90 Å². The van der Waals surface area contributed by atoms with Crippen molar-refractivity contribution in [1.29, 1.82) is 0 Å². The number of aliphatic hydroxyl groups excluding tert-OH is 1. The third-order valence-electron chi connectivity index (χ3n) is 5.47. The molecule has 0 bridgehead atoms. The van der Waals surface area contributed by atoms with Crippen molar-refractivity contribution in [3.05, 3.63) is 35.9 Å². The van der Waals surface area contributed by atoms with E-state index in [0.29, 0.717) is 12.5 Å². The Balaban J connectivity index is 1.50. The summed E-state index contributed by atoms with van der Waals surface area (Å²) < 4.78 is 0. The lowest BCUT2D eigenvalue weighted by Crippen LogP contribution is -2.38. The number of nitrogens with zero attached hydrogens (tertiary/aromatic N) is 1. The fourth-order valence-electron chi connectivity index (χ4n) is 3.83. The number of hydrogen-bond acceptors (Lipinski definition) is 3. The predicted octanol–water partition coefficient (Wildman–Crippen LogP) is 2.59. The van der Waals surface area contributed by atoms with E-state index >= 15 is 0 Å². The third-order valence-corrected chi connectivity index (χ3v) is 5.47. The van der Waals surface area contributed by atoms with Gasteiger partial charge in [0.05, 0.1) is 12.0 Å². The highest BCUT2D eigenvalue weighted by Crippen LogP contribution is 2.54. The van der Waals surface area contributed by atoms with Crippen molar-refractivity contribution >= 4 is 5.91 Å². The number of rotatable bonds is 7. The van der Waals surface area contributed by atoms with Gasteiger partial charge in [-0.15, -0.1) is 0 Å². The van der Waals surface area contributed by atoms with Crippen LogP contribution in [0.2, 0.25) is 0 Å². The third kappa shape index (κ3) is 3.98. The lowest BCUT2D eigenvalue weighted by atomic mass is 9.92. The first kappa shape index (κ1) is 17.4. The number of likely N-dealkylation sites (tertiary alicyclic amines) is 1. The van der Waals surface area contributed by atoms with E-state index in [1.165, 1.54) is 0 Å². The molecule has 24 heavy (non-hydrogen) atoms. The van der Waals surface area contributed by atoms with Gasteiger partial charge in [-0.2, -0.15) is 0 Å². The van der Waals surface area contributed by atoms with Crippen molar-refractivity contribution in [2.75, 3.05) is 26.2 Å². The number of hydrogen-bond donors (Lipinski definition) is 2. The van der Waals surface area contributed by atoms with Crippen LogP contribution in [0.25, 0.3) is 0 Å². The lowest BCUT2D eigenvalue weighted by molar-refractivity contribution is -0.125. The van der Waals surface area contributed by atoms with Crippen molar-refractivity contribution in [3.63, 3.8) is 0 Å². The highest BCUT2D eigenvalue weighted by atomic mass is 16.3. The number of carbonyl (C=O) groups is 1. The molecule has 3 rings (SSSR count). The van der Waals surface area contributed by atoms with Gasteiger partial charge in [0.25, 0.3) is 0 Å². The Hall–Kier alpha value is -1.39. The molecule has 0 spiro atoms. The highest BCUT2D eigenvalue weighted by Gasteiger charge is 2.49. The summed E-state index contributed by atoms with van der Waals surface area (Å²) in [6.07, 6.45) is 2.42. The maximum absolute atomic E-state index is 12.5. The van der Waals surface area contributed by atoms with Crippen molar-refractivity contribution in [3.8, 4) is 0 Å². The minimum Gasteiger partial charge on any atom is -0.388 e. The Bertz CT molecular complexity index is 554. The molecule has 1 aliphatic carbocycles. The minimum atomic E-state index is -0.486. The molecule has 1 aromatic carbocycles. The van der Waals surface area contributed by atoms with Crippen LogP contribution in [0.3, 0.4) is 0 Å². The van der Waals surface area contributed by atoms with Gasteiger partial charge in [0, 0.05) is 25.0 Å². The van der Waals surface area contributed by atoms with Gasteiger partial charge in [0.15, 0.2) is 0 Å². The lowest BCUT2D eigenvalue weighted by Gasteiger charge is -2.24. The Morgan fingerprint density at radius 1 is 1.33 bits per heavy atom. The van der Waals surface area contributed by atoms with Gasteiger partial charge < -0.3 is 15.3 Å². The first-order valence-corrected chi connectivity index (χ1v) is 9.23. The number of amides is 1. The van der Waals surface area contributed by atoms with Gasteiger partial charge in [0.1, 0.15) is 0 Å². The van der Waals surface area contributed by atoms with Gasteiger partial charge in [0.2, 0.25) is 5.91 Å². The van der Waals surface area contributed by atoms with Crippen molar-refractivity contribution in [2.24, 2.45) is 17.3 Å². The fraction of sp³-hybridized carbons (Fsp3) is 0.650. The maximum atomic E-state index is 12.5. The Labute approximate surface area is 145 Å². The van der Waals surface area contributed by atoms with Gasteiger partial charge in [-0.3, -0.25) is 4.79 Å². The molecular weight excluding hydrogens is 300 g/mol. The quantitative estimate of drug-likeness (QED) is 0.808. The molecule has 2 unspecified atom stereocenters. The summed E-state index contributed by atoms with van der Waals surface area (Å²) in [4.78, 5) is 14.9. The molecular formula is C20H30N2O2. The summed E-state index contributed by atoms with van der Waals surface area (Å²) in [5.41, 5.74) is 0.793. The van der Waals surface area contributed by atoms with Crippen LogP contribution in [0.15, 0.2) is 30.3 Å². The van der Waals surface area contributed by atoms with Gasteiger partial charge >= 0.3 is 0 Å². The SMILES string of the molecule is CC(C)CN1CCC(C(=O)NCC2(C(O)c3ccccc3)CC2)C1.